The molecule has 2 aromatic rings. The highest BCUT2D eigenvalue weighted by Gasteiger charge is 2.41. The summed E-state index contributed by atoms with van der Waals surface area (Å²) in [6.45, 7) is 1.84. The van der Waals surface area contributed by atoms with Gasteiger partial charge in [-0.1, -0.05) is 0 Å². The summed E-state index contributed by atoms with van der Waals surface area (Å²) in [7, 11) is 0. The van der Waals surface area contributed by atoms with Crippen molar-refractivity contribution in [2.24, 2.45) is 0 Å². The summed E-state index contributed by atoms with van der Waals surface area (Å²) >= 11 is 3.00. The predicted octanol–water partition coefficient (Wildman–Crippen LogP) is 2.79. The van der Waals surface area contributed by atoms with Crippen molar-refractivity contribution in [3.8, 4) is 10.8 Å². The van der Waals surface area contributed by atoms with Crippen LogP contribution in [0.2, 0.25) is 0 Å². The molecule has 1 amide bonds. The first-order valence-electron chi connectivity index (χ1n) is 7.16. The van der Waals surface area contributed by atoms with E-state index in [0.29, 0.717) is 23.6 Å². The van der Waals surface area contributed by atoms with Gasteiger partial charge in [0.25, 0.3) is 5.91 Å². The maximum atomic E-state index is 12.4. The third-order valence-corrected chi connectivity index (χ3v) is 5.64. The van der Waals surface area contributed by atoms with Crippen LogP contribution in [-0.2, 0) is 4.79 Å². The van der Waals surface area contributed by atoms with E-state index in [1.165, 1.54) is 11.3 Å². The first kappa shape index (κ1) is 16.1. The van der Waals surface area contributed by atoms with Crippen LogP contribution in [0.1, 0.15) is 29.1 Å². The highest BCUT2D eigenvalue weighted by Crippen LogP contribution is 2.29. The lowest BCUT2D eigenvalue weighted by molar-refractivity contribution is -0.144. The molecule has 1 saturated heterocycles. The number of hydrogen-bond donors (Lipinski definition) is 2. The molecule has 0 aromatic carbocycles. The molecule has 2 aromatic heterocycles. The molecular weight excluding hydrogens is 336 g/mol. The number of carbonyl (C=O) groups is 2. The molecule has 1 aliphatic rings. The summed E-state index contributed by atoms with van der Waals surface area (Å²) < 4.78 is 5.49. The summed E-state index contributed by atoms with van der Waals surface area (Å²) in [5.74, 6) is 1.38. The van der Waals surface area contributed by atoms with Crippen LogP contribution < -0.4 is 5.32 Å². The Morgan fingerprint density at radius 3 is 2.70 bits per heavy atom. The summed E-state index contributed by atoms with van der Waals surface area (Å²) in [5.41, 5.74) is -0.967. The van der Waals surface area contributed by atoms with Crippen molar-refractivity contribution in [3.05, 3.63) is 29.0 Å². The SMILES string of the molecule is Cc1ccc(-c2nc(C(=O)NC3(C(=O)O)CCSCC3)cs2)o1. The second-order valence-corrected chi connectivity index (χ2v) is 7.48. The van der Waals surface area contributed by atoms with E-state index in [2.05, 4.69) is 10.3 Å². The van der Waals surface area contributed by atoms with Crippen LogP contribution in [-0.4, -0.2) is 39.0 Å². The fourth-order valence-electron chi connectivity index (χ4n) is 2.43. The Kier molecular flexibility index (Phi) is 4.45. The maximum Gasteiger partial charge on any atom is 0.329 e. The van der Waals surface area contributed by atoms with Crippen molar-refractivity contribution in [2.75, 3.05) is 11.5 Å². The molecule has 23 heavy (non-hydrogen) atoms. The predicted molar refractivity (Wildman–Crippen MR) is 88.9 cm³/mol. The molecule has 0 bridgehead atoms. The highest BCUT2D eigenvalue weighted by atomic mass is 32.2. The summed E-state index contributed by atoms with van der Waals surface area (Å²) in [6, 6.07) is 3.63. The number of hydrogen-bond acceptors (Lipinski definition) is 6. The molecule has 0 aliphatic carbocycles. The van der Waals surface area contributed by atoms with Gasteiger partial charge in [0, 0.05) is 5.38 Å². The zero-order valence-corrected chi connectivity index (χ0v) is 14.1. The number of thioether (sulfide) groups is 1. The van der Waals surface area contributed by atoms with E-state index in [1.54, 1.807) is 23.2 Å². The number of nitrogens with one attached hydrogen (secondary N) is 1. The number of aliphatic carboxylic acids is 1. The third-order valence-electron chi connectivity index (χ3n) is 3.80. The number of carbonyl (C=O) groups excluding carboxylic acids is 1. The molecular formula is C15H16N2O4S2. The molecule has 0 saturated carbocycles. The van der Waals surface area contributed by atoms with Gasteiger partial charge in [0.1, 0.15) is 17.0 Å². The topological polar surface area (TPSA) is 92.4 Å². The lowest BCUT2D eigenvalue weighted by Crippen LogP contribution is -2.56. The Morgan fingerprint density at radius 2 is 2.09 bits per heavy atom. The number of carboxylic acid groups (broad SMARTS) is 1. The van der Waals surface area contributed by atoms with Gasteiger partial charge >= 0.3 is 5.97 Å². The van der Waals surface area contributed by atoms with Crippen molar-refractivity contribution in [1.29, 1.82) is 0 Å². The zero-order chi connectivity index (χ0) is 16.4. The number of nitrogens with zero attached hydrogens (tertiary/aromatic N) is 1. The number of aryl methyl sites for hydroxylation is 1. The normalized spacial score (nSPS) is 16.9. The van der Waals surface area contributed by atoms with E-state index in [4.69, 9.17) is 4.42 Å². The lowest BCUT2D eigenvalue weighted by atomic mass is 9.92. The maximum absolute atomic E-state index is 12.4. The molecule has 3 heterocycles. The van der Waals surface area contributed by atoms with E-state index in [9.17, 15) is 14.7 Å². The molecule has 8 heteroatoms. The smallest absolute Gasteiger partial charge is 0.329 e. The standard InChI is InChI=1S/C15H16N2O4S2/c1-9-2-3-11(21-9)13-16-10(8-23-13)12(18)17-15(14(19)20)4-6-22-7-5-15/h2-3,8H,4-7H2,1H3,(H,17,18)(H,19,20). The van der Waals surface area contributed by atoms with Crippen LogP contribution in [0.15, 0.2) is 21.9 Å². The highest BCUT2D eigenvalue weighted by molar-refractivity contribution is 7.99. The van der Waals surface area contributed by atoms with Crippen LogP contribution in [0.4, 0.5) is 0 Å². The first-order valence-corrected chi connectivity index (χ1v) is 9.20. The Hall–Kier alpha value is -1.80. The van der Waals surface area contributed by atoms with Crippen LogP contribution in [0.25, 0.3) is 10.8 Å². The number of amides is 1. The third kappa shape index (κ3) is 3.28. The first-order chi connectivity index (χ1) is 11.0. The number of carboxylic acids is 1. The second-order valence-electron chi connectivity index (χ2n) is 5.40. The Labute approximate surface area is 141 Å². The van der Waals surface area contributed by atoms with E-state index in [1.807, 2.05) is 13.0 Å². The van der Waals surface area contributed by atoms with E-state index in [-0.39, 0.29) is 5.69 Å². The molecule has 6 nitrogen and oxygen atoms in total. The molecule has 3 rings (SSSR count). The van der Waals surface area contributed by atoms with Gasteiger partial charge in [-0.25, -0.2) is 9.78 Å². The van der Waals surface area contributed by atoms with Gasteiger partial charge < -0.3 is 14.8 Å². The molecule has 122 valence electrons. The molecule has 0 spiro atoms. The monoisotopic (exact) mass is 352 g/mol. The number of aromatic nitrogens is 1. The van der Waals surface area contributed by atoms with Gasteiger partial charge in [-0.2, -0.15) is 11.8 Å². The van der Waals surface area contributed by atoms with E-state index >= 15 is 0 Å². The van der Waals surface area contributed by atoms with Gasteiger partial charge in [0.2, 0.25) is 0 Å². The average molecular weight is 352 g/mol. The van der Waals surface area contributed by atoms with Crippen molar-refractivity contribution < 1.29 is 19.1 Å². The summed E-state index contributed by atoms with van der Waals surface area (Å²) in [6.07, 6.45) is 0.847. The molecule has 1 aliphatic heterocycles. The quantitative estimate of drug-likeness (QED) is 0.879. The van der Waals surface area contributed by atoms with Crippen LogP contribution in [0, 0.1) is 6.92 Å². The van der Waals surface area contributed by atoms with E-state index < -0.39 is 17.4 Å². The van der Waals surface area contributed by atoms with Crippen molar-refractivity contribution in [2.45, 2.75) is 25.3 Å². The summed E-state index contributed by atoms with van der Waals surface area (Å²) in [5, 5.41) is 14.4. The van der Waals surface area contributed by atoms with Crippen LogP contribution in [0.5, 0.6) is 0 Å². The van der Waals surface area contributed by atoms with Crippen LogP contribution in [0.3, 0.4) is 0 Å². The minimum atomic E-state index is -1.19. The minimum absolute atomic E-state index is 0.220. The summed E-state index contributed by atoms with van der Waals surface area (Å²) in [4.78, 5) is 28.3. The number of thiazole rings is 1. The average Bonchev–Trinajstić information content (AvgIpc) is 3.16. The van der Waals surface area contributed by atoms with Gasteiger partial charge in [-0.15, -0.1) is 11.3 Å². The largest absolute Gasteiger partial charge is 0.480 e. The van der Waals surface area contributed by atoms with Crippen LogP contribution >= 0.6 is 23.1 Å². The Bertz CT molecular complexity index is 731. The fraction of sp³-hybridized carbons (Fsp3) is 0.400. The van der Waals surface area contributed by atoms with Gasteiger partial charge in [-0.05, 0) is 43.4 Å². The number of rotatable bonds is 4. The molecule has 2 N–H and O–H groups in total. The molecule has 0 atom stereocenters. The molecule has 0 radical (unpaired) electrons. The van der Waals surface area contributed by atoms with Gasteiger partial charge in [0.05, 0.1) is 0 Å². The minimum Gasteiger partial charge on any atom is -0.480 e. The molecule has 1 fully saturated rings. The van der Waals surface area contributed by atoms with Gasteiger partial charge in [-0.3, -0.25) is 4.79 Å². The number of furan rings is 1. The zero-order valence-electron chi connectivity index (χ0n) is 12.5. The Balaban J connectivity index is 1.78. The van der Waals surface area contributed by atoms with Crippen molar-refractivity contribution in [3.63, 3.8) is 0 Å². The lowest BCUT2D eigenvalue weighted by Gasteiger charge is -2.33. The van der Waals surface area contributed by atoms with E-state index in [0.717, 1.165) is 17.3 Å². The van der Waals surface area contributed by atoms with Gasteiger partial charge in [0.15, 0.2) is 10.8 Å². The second kappa shape index (κ2) is 6.37. The molecule has 0 unspecified atom stereocenters. The fourth-order valence-corrected chi connectivity index (χ4v) is 4.38. The van der Waals surface area contributed by atoms with Crippen molar-refractivity contribution in [1.82, 2.24) is 10.3 Å². The Morgan fingerprint density at radius 1 is 1.35 bits per heavy atom. The van der Waals surface area contributed by atoms with Crippen molar-refractivity contribution >= 4 is 35.0 Å².